The minimum absolute atomic E-state index is 0. The highest BCUT2D eigenvalue weighted by atomic mass is 35.5. The van der Waals surface area contributed by atoms with Gasteiger partial charge in [-0.05, 0) is 38.4 Å². The molecular weight excluding hydrogens is 320 g/mol. The number of nitrogens with one attached hydrogen (secondary N) is 2. The molecule has 2 rings (SSSR count). The summed E-state index contributed by atoms with van der Waals surface area (Å²) >= 11 is 0. The number of piperidine rings is 1. The molecule has 1 fully saturated rings. The summed E-state index contributed by atoms with van der Waals surface area (Å²) in [7, 11) is 4.61. The van der Waals surface area contributed by atoms with E-state index in [1.54, 1.807) is 12.1 Å². The van der Waals surface area contributed by atoms with Crippen LogP contribution in [0, 0.1) is 0 Å². The molecule has 1 aliphatic heterocycles. The fourth-order valence-electron chi connectivity index (χ4n) is 2.74. The van der Waals surface area contributed by atoms with Crippen LogP contribution < -0.4 is 24.8 Å². The Morgan fingerprint density at radius 2 is 1.78 bits per heavy atom. The third-order valence-corrected chi connectivity index (χ3v) is 3.89. The first-order chi connectivity index (χ1) is 10.6. The smallest absolute Gasteiger partial charge is 0.251 e. The number of amides is 1. The molecule has 1 saturated heterocycles. The van der Waals surface area contributed by atoms with Gasteiger partial charge in [0.15, 0.2) is 11.5 Å². The first-order valence-electron chi connectivity index (χ1n) is 7.43. The van der Waals surface area contributed by atoms with Crippen molar-refractivity contribution in [3.05, 3.63) is 17.7 Å². The summed E-state index contributed by atoms with van der Waals surface area (Å²) in [5.41, 5.74) is 0.501. The second-order valence-electron chi connectivity index (χ2n) is 5.46. The highest BCUT2D eigenvalue weighted by Gasteiger charge is 2.22. The Bertz CT molecular complexity index is 514. The van der Waals surface area contributed by atoms with Gasteiger partial charge in [-0.1, -0.05) is 0 Å². The van der Waals surface area contributed by atoms with E-state index in [4.69, 9.17) is 14.2 Å². The summed E-state index contributed by atoms with van der Waals surface area (Å²) in [4.78, 5) is 12.5. The summed E-state index contributed by atoms with van der Waals surface area (Å²) in [5, 5.41) is 6.44. The fourth-order valence-corrected chi connectivity index (χ4v) is 2.74. The van der Waals surface area contributed by atoms with Crippen LogP contribution in [0.1, 0.15) is 30.1 Å². The van der Waals surface area contributed by atoms with Gasteiger partial charge < -0.3 is 24.8 Å². The van der Waals surface area contributed by atoms with Gasteiger partial charge in [0.1, 0.15) is 0 Å². The lowest BCUT2D eigenvalue weighted by atomic mass is 10.00. The third kappa shape index (κ3) is 4.65. The van der Waals surface area contributed by atoms with Crippen LogP contribution in [-0.4, -0.2) is 45.9 Å². The maximum atomic E-state index is 12.5. The molecule has 0 aromatic heterocycles. The van der Waals surface area contributed by atoms with E-state index in [9.17, 15) is 4.79 Å². The van der Waals surface area contributed by atoms with E-state index in [0.717, 1.165) is 19.4 Å². The van der Waals surface area contributed by atoms with Gasteiger partial charge in [0.05, 0.1) is 21.3 Å². The second kappa shape index (κ2) is 8.84. The summed E-state index contributed by atoms with van der Waals surface area (Å²) in [6.45, 7) is 3.04. The highest BCUT2D eigenvalue weighted by molar-refractivity contribution is 5.95. The fraction of sp³-hybridized carbons (Fsp3) is 0.562. The molecule has 0 spiro atoms. The lowest BCUT2D eigenvalue weighted by molar-refractivity contribution is 0.0925. The average Bonchev–Trinajstić information content (AvgIpc) is 2.53. The van der Waals surface area contributed by atoms with Gasteiger partial charge in [0.25, 0.3) is 5.91 Å². The van der Waals surface area contributed by atoms with Crippen molar-refractivity contribution in [2.24, 2.45) is 0 Å². The van der Waals surface area contributed by atoms with Crippen molar-refractivity contribution < 1.29 is 19.0 Å². The molecule has 0 saturated carbocycles. The molecule has 1 amide bonds. The van der Waals surface area contributed by atoms with Crippen LogP contribution in [0.4, 0.5) is 0 Å². The van der Waals surface area contributed by atoms with Crippen molar-refractivity contribution in [3.8, 4) is 17.2 Å². The Hall–Kier alpha value is -1.66. The lowest BCUT2D eigenvalue weighted by Gasteiger charge is -2.28. The zero-order valence-electron chi connectivity index (χ0n) is 14.0. The topological polar surface area (TPSA) is 68.8 Å². The van der Waals surface area contributed by atoms with Gasteiger partial charge in [-0.2, -0.15) is 0 Å². The standard InChI is InChI=1S/C16H24N2O4.ClH/c1-10-7-12(5-6-17-10)18-16(19)11-8-13(20-2)15(22-4)14(9-11)21-3;/h8-10,12,17H,5-7H2,1-4H3,(H,18,19);1H. The molecule has 6 nitrogen and oxygen atoms in total. The number of methoxy groups -OCH3 is 3. The molecule has 0 radical (unpaired) electrons. The number of rotatable bonds is 5. The number of hydrogen-bond donors (Lipinski definition) is 2. The van der Waals surface area contributed by atoms with Crippen molar-refractivity contribution >= 4 is 18.3 Å². The minimum Gasteiger partial charge on any atom is -0.493 e. The Morgan fingerprint density at radius 3 is 2.26 bits per heavy atom. The van der Waals surface area contributed by atoms with Gasteiger partial charge in [0, 0.05) is 17.6 Å². The van der Waals surface area contributed by atoms with Crippen LogP contribution in [0.15, 0.2) is 12.1 Å². The number of ether oxygens (including phenoxy) is 3. The summed E-state index contributed by atoms with van der Waals surface area (Å²) in [6, 6.07) is 3.93. The Morgan fingerprint density at radius 1 is 1.17 bits per heavy atom. The van der Waals surface area contributed by atoms with E-state index in [1.807, 2.05) is 0 Å². The number of halogens is 1. The van der Waals surface area contributed by atoms with Crippen LogP contribution in [0.5, 0.6) is 17.2 Å². The third-order valence-electron chi connectivity index (χ3n) is 3.89. The predicted octanol–water partition coefficient (Wildman–Crippen LogP) is 2.00. The predicted molar refractivity (Wildman–Crippen MR) is 91.3 cm³/mol. The zero-order chi connectivity index (χ0) is 16.1. The Kier molecular flexibility index (Phi) is 7.45. The molecular formula is C16H25ClN2O4. The van der Waals surface area contributed by atoms with Crippen LogP contribution in [0.2, 0.25) is 0 Å². The normalized spacial score (nSPS) is 20.2. The molecule has 2 atom stereocenters. The Balaban J connectivity index is 0.00000264. The first kappa shape index (κ1) is 19.4. The summed E-state index contributed by atoms with van der Waals surface area (Å²) in [6.07, 6.45) is 1.86. The lowest BCUT2D eigenvalue weighted by Crippen LogP contribution is -2.46. The molecule has 0 aliphatic carbocycles. The van der Waals surface area contributed by atoms with E-state index in [-0.39, 0.29) is 24.4 Å². The maximum Gasteiger partial charge on any atom is 0.251 e. The van der Waals surface area contributed by atoms with Crippen molar-refractivity contribution in [1.82, 2.24) is 10.6 Å². The van der Waals surface area contributed by atoms with Gasteiger partial charge in [-0.25, -0.2) is 0 Å². The minimum atomic E-state index is -0.127. The van der Waals surface area contributed by atoms with Crippen molar-refractivity contribution in [2.75, 3.05) is 27.9 Å². The molecule has 2 unspecified atom stereocenters. The van der Waals surface area contributed by atoms with E-state index >= 15 is 0 Å². The first-order valence-corrected chi connectivity index (χ1v) is 7.43. The summed E-state index contributed by atoms with van der Waals surface area (Å²) < 4.78 is 15.8. The molecule has 7 heteroatoms. The van der Waals surface area contributed by atoms with Gasteiger partial charge in [-0.3, -0.25) is 4.79 Å². The molecule has 2 N–H and O–H groups in total. The van der Waals surface area contributed by atoms with Crippen molar-refractivity contribution in [1.29, 1.82) is 0 Å². The van der Waals surface area contributed by atoms with Crippen molar-refractivity contribution in [2.45, 2.75) is 31.8 Å². The van der Waals surface area contributed by atoms with E-state index < -0.39 is 0 Å². The largest absolute Gasteiger partial charge is 0.493 e. The number of benzene rings is 1. The molecule has 23 heavy (non-hydrogen) atoms. The Labute approximate surface area is 143 Å². The molecule has 1 aromatic rings. The van der Waals surface area contributed by atoms with Gasteiger partial charge >= 0.3 is 0 Å². The number of carbonyl (C=O) groups excluding carboxylic acids is 1. The average molecular weight is 345 g/mol. The monoisotopic (exact) mass is 344 g/mol. The van der Waals surface area contributed by atoms with Crippen LogP contribution in [0.25, 0.3) is 0 Å². The summed E-state index contributed by atoms with van der Waals surface area (Å²) in [5.74, 6) is 1.31. The molecule has 130 valence electrons. The zero-order valence-corrected chi connectivity index (χ0v) is 14.8. The highest BCUT2D eigenvalue weighted by Crippen LogP contribution is 2.38. The maximum absolute atomic E-state index is 12.5. The quantitative estimate of drug-likeness (QED) is 0.855. The van der Waals surface area contributed by atoms with Crippen LogP contribution >= 0.6 is 12.4 Å². The van der Waals surface area contributed by atoms with Gasteiger partial charge in [-0.15, -0.1) is 12.4 Å². The molecule has 1 aliphatic rings. The van der Waals surface area contributed by atoms with E-state index in [2.05, 4.69) is 17.6 Å². The van der Waals surface area contributed by atoms with E-state index in [0.29, 0.717) is 28.9 Å². The number of carbonyl (C=O) groups is 1. The second-order valence-corrected chi connectivity index (χ2v) is 5.46. The van der Waals surface area contributed by atoms with E-state index in [1.165, 1.54) is 21.3 Å². The molecule has 0 bridgehead atoms. The SMILES string of the molecule is COc1cc(C(=O)NC2CCNC(C)C2)cc(OC)c1OC.Cl. The number of hydrogen-bond acceptors (Lipinski definition) is 5. The van der Waals surface area contributed by atoms with Crippen LogP contribution in [-0.2, 0) is 0 Å². The molecule has 1 aromatic carbocycles. The molecule has 1 heterocycles. The van der Waals surface area contributed by atoms with Crippen molar-refractivity contribution in [3.63, 3.8) is 0 Å². The van der Waals surface area contributed by atoms with Gasteiger partial charge in [0.2, 0.25) is 5.75 Å². The van der Waals surface area contributed by atoms with Crippen LogP contribution in [0.3, 0.4) is 0 Å².